The molecule has 0 saturated carbocycles. The number of guanidine groups is 1. The van der Waals surface area contributed by atoms with E-state index in [4.69, 9.17) is 0 Å². The molecule has 0 aliphatic heterocycles. The molecule has 5 nitrogen and oxygen atoms in total. The van der Waals surface area contributed by atoms with E-state index < -0.39 is 0 Å². The van der Waals surface area contributed by atoms with Gasteiger partial charge >= 0.3 is 0 Å². The van der Waals surface area contributed by atoms with Crippen LogP contribution in [0.1, 0.15) is 52.9 Å². The number of likely N-dealkylation sites (N-methyl/N-ethyl adjacent to an activating group) is 1. The molecule has 0 fully saturated rings. The second-order valence-corrected chi connectivity index (χ2v) is 6.01. The summed E-state index contributed by atoms with van der Waals surface area (Å²) >= 11 is 0. The first-order chi connectivity index (χ1) is 9.97. The van der Waals surface area contributed by atoms with Gasteiger partial charge in [0.15, 0.2) is 5.96 Å². The lowest BCUT2D eigenvalue weighted by Gasteiger charge is -2.12. The molecule has 0 aromatic carbocycles. The Morgan fingerprint density at radius 1 is 1.09 bits per heavy atom. The van der Waals surface area contributed by atoms with E-state index in [2.05, 4.69) is 29.5 Å². The van der Waals surface area contributed by atoms with Gasteiger partial charge in [-0.15, -0.1) is 24.0 Å². The Morgan fingerprint density at radius 3 is 2.27 bits per heavy atom. The number of aliphatic imine (C=N–C) groups is 1. The molecule has 0 saturated heterocycles. The standard InChI is InChI=1S/C16H34N4O.HI/c1-6-17-16(19-13-15(21)20(4)5)18-12-10-8-7-9-11-14(2)3;/h14H,6-13H2,1-5H3,(H2,17,18,19);1H. The Hall–Kier alpha value is -0.530. The van der Waals surface area contributed by atoms with E-state index >= 15 is 0 Å². The average molecular weight is 426 g/mol. The number of halogens is 1. The molecule has 0 rings (SSSR count). The molecule has 0 aromatic heterocycles. The first-order valence-corrected chi connectivity index (χ1v) is 8.19. The third kappa shape index (κ3) is 14.4. The lowest BCUT2D eigenvalue weighted by Crippen LogP contribution is -2.38. The van der Waals surface area contributed by atoms with Crippen LogP contribution in [0.3, 0.4) is 0 Å². The van der Waals surface area contributed by atoms with Crippen LogP contribution in [0.2, 0.25) is 0 Å². The predicted octanol–water partition coefficient (Wildman–Crippen LogP) is 2.85. The summed E-state index contributed by atoms with van der Waals surface area (Å²) < 4.78 is 0. The smallest absolute Gasteiger partial charge is 0.243 e. The number of carbonyl (C=O) groups is 1. The van der Waals surface area contributed by atoms with Crippen LogP contribution in [-0.4, -0.2) is 50.5 Å². The molecular weight excluding hydrogens is 391 g/mol. The Kier molecular flexibility index (Phi) is 16.6. The predicted molar refractivity (Wildman–Crippen MR) is 106 cm³/mol. The maximum absolute atomic E-state index is 11.5. The first kappa shape index (κ1) is 23.7. The minimum absolute atomic E-state index is 0. The second kappa shape index (κ2) is 15.4. The highest BCUT2D eigenvalue weighted by molar-refractivity contribution is 14.0. The van der Waals surface area contributed by atoms with Crippen molar-refractivity contribution >= 4 is 35.8 Å². The van der Waals surface area contributed by atoms with Gasteiger partial charge in [-0.05, 0) is 19.3 Å². The molecule has 1 amide bonds. The summed E-state index contributed by atoms with van der Waals surface area (Å²) in [6, 6.07) is 0. The normalized spacial score (nSPS) is 11.1. The maximum Gasteiger partial charge on any atom is 0.243 e. The molecule has 22 heavy (non-hydrogen) atoms. The zero-order valence-corrected chi connectivity index (χ0v) is 17.3. The number of rotatable bonds is 10. The van der Waals surface area contributed by atoms with Crippen LogP contribution < -0.4 is 10.6 Å². The van der Waals surface area contributed by atoms with Crippen LogP contribution in [-0.2, 0) is 4.79 Å². The largest absolute Gasteiger partial charge is 0.357 e. The monoisotopic (exact) mass is 426 g/mol. The van der Waals surface area contributed by atoms with E-state index in [9.17, 15) is 4.79 Å². The van der Waals surface area contributed by atoms with Gasteiger partial charge in [0.25, 0.3) is 0 Å². The molecule has 0 heterocycles. The van der Waals surface area contributed by atoms with Crippen LogP contribution in [0.25, 0.3) is 0 Å². The third-order valence-electron chi connectivity index (χ3n) is 3.22. The quantitative estimate of drug-likeness (QED) is 0.245. The molecule has 0 spiro atoms. The van der Waals surface area contributed by atoms with Crippen LogP contribution in [0, 0.1) is 5.92 Å². The molecule has 0 radical (unpaired) electrons. The highest BCUT2D eigenvalue weighted by Crippen LogP contribution is 2.08. The fourth-order valence-corrected chi connectivity index (χ4v) is 1.87. The van der Waals surface area contributed by atoms with Crippen molar-refractivity contribution in [2.45, 2.75) is 52.9 Å². The van der Waals surface area contributed by atoms with Crippen LogP contribution in [0.4, 0.5) is 0 Å². The first-order valence-electron chi connectivity index (χ1n) is 8.19. The van der Waals surface area contributed by atoms with Crippen molar-refractivity contribution in [3.05, 3.63) is 0 Å². The molecular formula is C16H35IN4O. The summed E-state index contributed by atoms with van der Waals surface area (Å²) in [6.45, 7) is 8.47. The molecule has 0 atom stereocenters. The van der Waals surface area contributed by atoms with E-state index in [1.807, 2.05) is 6.92 Å². The molecule has 6 heteroatoms. The topological polar surface area (TPSA) is 56.7 Å². The van der Waals surface area contributed by atoms with Crippen molar-refractivity contribution in [3.63, 3.8) is 0 Å². The van der Waals surface area contributed by atoms with E-state index in [0.717, 1.165) is 31.4 Å². The van der Waals surface area contributed by atoms with Gasteiger partial charge in [-0.1, -0.05) is 39.5 Å². The number of hydrogen-bond acceptors (Lipinski definition) is 2. The Bertz CT molecular complexity index is 307. The number of carbonyl (C=O) groups excluding carboxylic acids is 1. The summed E-state index contributed by atoms with van der Waals surface area (Å²) in [5.41, 5.74) is 0. The van der Waals surface area contributed by atoms with Gasteiger partial charge in [-0.25, -0.2) is 4.99 Å². The molecule has 2 N–H and O–H groups in total. The van der Waals surface area contributed by atoms with Crippen molar-refractivity contribution in [2.75, 3.05) is 33.7 Å². The van der Waals surface area contributed by atoms with Crippen molar-refractivity contribution in [1.29, 1.82) is 0 Å². The lowest BCUT2D eigenvalue weighted by atomic mass is 10.0. The number of amides is 1. The summed E-state index contributed by atoms with van der Waals surface area (Å²) in [6.07, 6.45) is 6.33. The summed E-state index contributed by atoms with van der Waals surface area (Å²) in [7, 11) is 3.49. The van der Waals surface area contributed by atoms with Crippen LogP contribution in [0.5, 0.6) is 0 Å². The van der Waals surface area contributed by atoms with Crippen molar-refractivity contribution in [2.24, 2.45) is 10.9 Å². The number of nitrogens with one attached hydrogen (secondary N) is 2. The average Bonchev–Trinajstić information content (AvgIpc) is 2.42. The van der Waals surface area contributed by atoms with Crippen molar-refractivity contribution in [3.8, 4) is 0 Å². The molecule has 132 valence electrons. The summed E-state index contributed by atoms with van der Waals surface area (Å²) in [5.74, 6) is 1.56. The zero-order valence-electron chi connectivity index (χ0n) is 14.9. The van der Waals surface area contributed by atoms with E-state index in [1.54, 1.807) is 19.0 Å². The fraction of sp³-hybridized carbons (Fsp3) is 0.875. The van der Waals surface area contributed by atoms with Gasteiger partial charge in [0, 0.05) is 27.2 Å². The highest BCUT2D eigenvalue weighted by Gasteiger charge is 2.03. The lowest BCUT2D eigenvalue weighted by molar-refractivity contribution is -0.127. The summed E-state index contributed by atoms with van der Waals surface area (Å²) in [5, 5.41) is 6.44. The number of hydrogen-bond donors (Lipinski definition) is 2. The Morgan fingerprint density at radius 2 is 1.73 bits per heavy atom. The molecule has 0 aliphatic rings. The van der Waals surface area contributed by atoms with Gasteiger partial charge in [0.05, 0.1) is 0 Å². The van der Waals surface area contributed by atoms with Crippen molar-refractivity contribution < 1.29 is 4.79 Å². The van der Waals surface area contributed by atoms with Crippen molar-refractivity contribution in [1.82, 2.24) is 15.5 Å². The Balaban J connectivity index is 0. The van der Waals surface area contributed by atoms with Crippen LogP contribution >= 0.6 is 24.0 Å². The third-order valence-corrected chi connectivity index (χ3v) is 3.22. The summed E-state index contributed by atoms with van der Waals surface area (Å²) in [4.78, 5) is 17.4. The van der Waals surface area contributed by atoms with Gasteiger partial charge < -0.3 is 15.5 Å². The van der Waals surface area contributed by atoms with E-state index in [0.29, 0.717) is 0 Å². The highest BCUT2D eigenvalue weighted by atomic mass is 127. The van der Waals surface area contributed by atoms with Gasteiger partial charge in [0.2, 0.25) is 5.91 Å². The molecule has 0 unspecified atom stereocenters. The molecule has 0 aliphatic carbocycles. The maximum atomic E-state index is 11.5. The molecule has 0 bridgehead atoms. The van der Waals surface area contributed by atoms with Gasteiger partial charge in [-0.2, -0.15) is 0 Å². The van der Waals surface area contributed by atoms with Gasteiger partial charge in [-0.3, -0.25) is 4.79 Å². The fourth-order valence-electron chi connectivity index (χ4n) is 1.87. The van der Waals surface area contributed by atoms with Gasteiger partial charge in [0.1, 0.15) is 6.54 Å². The van der Waals surface area contributed by atoms with E-state index in [-0.39, 0.29) is 36.4 Å². The van der Waals surface area contributed by atoms with E-state index in [1.165, 1.54) is 25.7 Å². The second-order valence-electron chi connectivity index (χ2n) is 6.01. The minimum Gasteiger partial charge on any atom is -0.357 e. The number of nitrogens with zero attached hydrogens (tertiary/aromatic N) is 2. The van der Waals surface area contributed by atoms with Crippen LogP contribution in [0.15, 0.2) is 4.99 Å². The number of unbranched alkanes of at least 4 members (excludes halogenated alkanes) is 3. The molecule has 0 aromatic rings. The SMILES string of the molecule is CCNC(=NCC(=O)N(C)C)NCCCCCCC(C)C.I. The Labute approximate surface area is 153 Å². The minimum atomic E-state index is 0. The zero-order chi connectivity index (χ0) is 16.1.